The van der Waals surface area contributed by atoms with Crippen molar-refractivity contribution in [3.8, 4) is 5.82 Å². The SMILES string of the molecule is CCc1nc(NC(=O)c2ccccc2)nc(CCc2ccn(-c3cccc(C)n3)n2)c1F. The summed E-state index contributed by atoms with van der Waals surface area (Å²) in [5.74, 6) is 0.0462. The second kappa shape index (κ2) is 9.47. The number of benzene rings is 1. The van der Waals surface area contributed by atoms with Gasteiger partial charge in [-0.2, -0.15) is 5.10 Å². The smallest absolute Gasteiger partial charge is 0.258 e. The molecule has 0 radical (unpaired) electrons. The summed E-state index contributed by atoms with van der Waals surface area (Å²) in [6.45, 7) is 3.74. The summed E-state index contributed by atoms with van der Waals surface area (Å²) in [7, 11) is 0. The molecular weight excluding hydrogens is 407 g/mol. The van der Waals surface area contributed by atoms with Crippen LogP contribution in [0.15, 0.2) is 60.8 Å². The lowest BCUT2D eigenvalue weighted by Crippen LogP contribution is -2.17. The van der Waals surface area contributed by atoms with Crippen molar-refractivity contribution in [2.24, 2.45) is 0 Å². The highest BCUT2D eigenvalue weighted by atomic mass is 19.1. The van der Waals surface area contributed by atoms with E-state index in [0.717, 1.165) is 17.2 Å². The minimum absolute atomic E-state index is 0.0987. The fraction of sp³-hybridized carbons (Fsp3) is 0.208. The highest BCUT2D eigenvalue weighted by Gasteiger charge is 2.16. The number of anilines is 1. The van der Waals surface area contributed by atoms with Crippen molar-refractivity contribution < 1.29 is 9.18 Å². The molecule has 8 heteroatoms. The number of nitrogens with one attached hydrogen (secondary N) is 1. The lowest BCUT2D eigenvalue weighted by Gasteiger charge is -2.10. The monoisotopic (exact) mass is 430 g/mol. The second-order valence-electron chi connectivity index (χ2n) is 7.32. The third kappa shape index (κ3) is 4.85. The Morgan fingerprint density at radius 2 is 1.75 bits per heavy atom. The number of pyridine rings is 1. The summed E-state index contributed by atoms with van der Waals surface area (Å²) in [5, 5.41) is 7.21. The van der Waals surface area contributed by atoms with Crippen LogP contribution in [0.2, 0.25) is 0 Å². The molecule has 4 aromatic rings. The van der Waals surface area contributed by atoms with Crippen LogP contribution >= 0.6 is 0 Å². The Kier molecular flexibility index (Phi) is 6.30. The van der Waals surface area contributed by atoms with Crippen molar-refractivity contribution in [1.29, 1.82) is 0 Å². The predicted molar refractivity (Wildman–Crippen MR) is 119 cm³/mol. The van der Waals surface area contributed by atoms with Gasteiger partial charge < -0.3 is 0 Å². The molecule has 0 bridgehead atoms. The maximum atomic E-state index is 14.9. The molecule has 1 N–H and O–H groups in total. The quantitative estimate of drug-likeness (QED) is 0.477. The Hall–Kier alpha value is -3.94. The Morgan fingerprint density at radius 1 is 0.969 bits per heavy atom. The standard InChI is InChI=1S/C24H23FN6O/c1-3-19-22(25)20(28-24(27-19)29-23(32)17-9-5-4-6-10-17)13-12-18-14-15-31(30-18)21-11-7-8-16(2)26-21/h4-11,14-15H,3,12-13H2,1-2H3,(H,27,28,29,32). The molecule has 3 aromatic heterocycles. The highest BCUT2D eigenvalue weighted by molar-refractivity contribution is 6.03. The van der Waals surface area contributed by atoms with Gasteiger partial charge in [0.15, 0.2) is 11.6 Å². The van der Waals surface area contributed by atoms with Gasteiger partial charge in [-0.15, -0.1) is 0 Å². The number of aromatic nitrogens is 5. The van der Waals surface area contributed by atoms with Gasteiger partial charge in [0.05, 0.1) is 17.1 Å². The van der Waals surface area contributed by atoms with Gasteiger partial charge in [0.2, 0.25) is 5.95 Å². The van der Waals surface area contributed by atoms with Crippen LogP contribution < -0.4 is 5.32 Å². The normalized spacial score (nSPS) is 10.8. The van der Waals surface area contributed by atoms with Crippen molar-refractivity contribution in [2.75, 3.05) is 5.32 Å². The first-order valence-electron chi connectivity index (χ1n) is 10.4. The van der Waals surface area contributed by atoms with Crippen molar-refractivity contribution >= 4 is 11.9 Å². The van der Waals surface area contributed by atoms with E-state index in [2.05, 4.69) is 25.4 Å². The molecule has 0 aliphatic heterocycles. The zero-order valence-electron chi connectivity index (χ0n) is 17.9. The van der Waals surface area contributed by atoms with E-state index in [-0.39, 0.29) is 23.2 Å². The highest BCUT2D eigenvalue weighted by Crippen LogP contribution is 2.16. The molecular formula is C24H23FN6O. The molecule has 4 rings (SSSR count). The Balaban J connectivity index is 1.51. The number of nitrogens with zero attached hydrogens (tertiary/aromatic N) is 5. The zero-order chi connectivity index (χ0) is 22.5. The van der Waals surface area contributed by atoms with Crippen LogP contribution in [-0.4, -0.2) is 30.6 Å². The van der Waals surface area contributed by atoms with Gasteiger partial charge >= 0.3 is 0 Å². The molecule has 3 heterocycles. The summed E-state index contributed by atoms with van der Waals surface area (Å²) in [4.78, 5) is 25.4. The van der Waals surface area contributed by atoms with Crippen LogP contribution in [0, 0.1) is 12.7 Å². The molecule has 0 saturated carbocycles. The average Bonchev–Trinajstić information content (AvgIpc) is 3.29. The van der Waals surface area contributed by atoms with Gasteiger partial charge in [-0.3, -0.25) is 10.1 Å². The minimum atomic E-state index is -0.440. The molecule has 0 aliphatic carbocycles. The topological polar surface area (TPSA) is 85.6 Å². The number of carbonyl (C=O) groups excluding carboxylic acids is 1. The van der Waals surface area contributed by atoms with Crippen molar-refractivity contribution in [3.63, 3.8) is 0 Å². The number of halogens is 1. The molecule has 0 unspecified atom stereocenters. The van der Waals surface area contributed by atoms with Gasteiger partial charge in [-0.1, -0.05) is 31.2 Å². The number of rotatable bonds is 7. The van der Waals surface area contributed by atoms with Crippen LogP contribution in [0.1, 0.15) is 40.1 Å². The van der Waals surface area contributed by atoms with Crippen molar-refractivity contribution in [1.82, 2.24) is 24.7 Å². The van der Waals surface area contributed by atoms with E-state index in [9.17, 15) is 9.18 Å². The van der Waals surface area contributed by atoms with Crippen LogP contribution in [0.25, 0.3) is 5.82 Å². The minimum Gasteiger partial charge on any atom is -0.290 e. The lowest BCUT2D eigenvalue weighted by atomic mass is 10.1. The molecule has 0 saturated heterocycles. The summed E-state index contributed by atoms with van der Waals surface area (Å²) in [6.07, 6.45) is 3.04. The Bertz CT molecular complexity index is 1240. The first-order chi connectivity index (χ1) is 15.5. The molecule has 0 fully saturated rings. The van der Waals surface area contributed by atoms with E-state index in [0.29, 0.717) is 24.8 Å². The third-order valence-corrected chi connectivity index (χ3v) is 4.96. The fourth-order valence-electron chi connectivity index (χ4n) is 3.29. The van der Waals surface area contributed by atoms with Gasteiger partial charge in [0, 0.05) is 17.5 Å². The fourth-order valence-corrected chi connectivity index (χ4v) is 3.29. The largest absolute Gasteiger partial charge is 0.290 e. The maximum Gasteiger partial charge on any atom is 0.258 e. The molecule has 162 valence electrons. The van der Waals surface area contributed by atoms with Crippen LogP contribution in [0.3, 0.4) is 0 Å². The second-order valence-corrected chi connectivity index (χ2v) is 7.32. The summed E-state index contributed by atoms with van der Waals surface area (Å²) in [6, 6.07) is 16.4. The lowest BCUT2D eigenvalue weighted by molar-refractivity contribution is 0.102. The van der Waals surface area contributed by atoms with E-state index >= 15 is 0 Å². The molecule has 0 spiro atoms. The summed E-state index contributed by atoms with van der Waals surface area (Å²) < 4.78 is 16.6. The van der Waals surface area contributed by atoms with Crippen LogP contribution in [0.4, 0.5) is 10.3 Å². The van der Waals surface area contributed by atoms with Crippen molar-refractivity contribution in [2.45, 2.75) is 33.1 Å². The number of aryl methyl sites for hydroxylation is 4. The number of amides is 1. The first kappa shape index (κ1) is 21.3. The number of hydrogen-bond donors (Lipinski definition) is 1. The molecule has 0 atom stereocenters. The maximum absolute atomic E-state index is 14.9. The predicted octanol–water partition coefficient (Wildman–Crippen LogP) is 4.10. The van der Waals surface area contributed by atoms with Crippen molar-refractivity contribution in [3.05, 3.63) is 95.0 Å². The van der Waals surface area contributed by atoms with E-state index in [4.69, 9.17) is 0 Å². The van der Waals surface area contributed by atoms with E-state index in [1.165, 1.54) is 0 Å². The van der Waals surface area contributed by atoms with Gasteiger partial charge in [0.1, 0.15) is 0 Å². The first-order valence-corrected chi connectivity index (χ1v) is 10.4. The number of carbonyl (C=O) groups is 1. The molecule has 1 amide bonds. The molecule has 32 heavy (non-hydrogen) atoms. The molecule has 0 aliphatic rings. The van der Waals surface area contributed by atoms with Crippen LogP contribution in [-0.2, 0) is 19.3 Å². The number of hydrogen-bond acceptors (Lipinski definition) is 5. The van der Waals surface area contributed by atoms with E-state index in [1.54, 1.807) is 28.9 Å². The average molecular weight is 430 g/mol. The van der Waals surface area contributed by atoms with Gasteiger partial charge in [0.25, 0.3) is 5.91 Å². The van der Waals surface area contributed by atoms with Crippen LogP contribution in [0.5, 0.6) is 0 Å². The van der Waals surface area contributed by atoms with Gasteiger partial charge in [-0.25, -0.2) is 24.0 Å². The van der Waals surface area contributed by atoms with Gasteiger partial charge in [-0.05, 0) is 56.5 Å². The Morgan fingerprint density at radius 3 is 2.50 bits per heavy atom. The zero-order valence-corrected chi connectivity index (χ0v) is 17.9. The summed E-state index contributed by atoms with van der Waals surface area (Å²) in [5.41, 5.74) is 2.70. The van der Waals surface area contributed by atoms with E-state index in [1.807, 2.05) is 50.4 Å². The van der Waals surface area contributed by atoms with E-state index < -0.39 is 5.82 Å². The summed E-state index contributed by atoms with van der Waals surface area (Å²) >= 11 is 0. The Labute approximate surface area is 185 Å². The third-order valence-electron chi connectivity index (χ3n) is 4.96. The molecule has 7 nitrogen and oxygen atoms in total. The molecule has 1 aromatic carbocycles.